The van der Waals surface area contributed by atoms with Crippen molar-refractivity contribution in [3.63, 3.8) is 0 Å². The number of fused-ring (bicyclic) bond motifs is 1. The number of hydrogen-bond donors (Lipinski definition) is 1. The predicted molar refractivity (Wildman–Crippen MR) is 116 cm³/mol. The molecule has 166 valence electrons. The van der Waals surface area contributed by atoms with Gasteiger partial charge in [0.2, 0.25) is 5.92 Å². The summed E-state index contributed by atoms with van der Waals surface area (Å²) in [5.74, 6) is -2.47. The maximum absolute atomic E-state index is 13.8. The van der Waals surface area contributed by atoms with E-state index in [1.54, 1.807) is 13.0 Å². The van der Waals surface area contributed by atoms with Gasteiger partial charge in [-0.2, -0.15) is 0 Å². The first-order valence-corrected chi connectivity index (χ1v) is 11.0. The fourth-order valence-corrected chi connectivity index (χ4v) is 4.77. The van der Waals surface area contributed by atoms with Crippen molar-refractivity contribution >= 4 is 10.8 Å². The average Bonchev–Trinajstić information content (AvgIpc) is 2.65. The second-order valence-electron chi connectivity index (χ2n) is 9.58. The quantitative estimate of drug-likeness (QED) is 0.568. The van der Waals surface area contributed by atoms with Gasteiger partial charge in [0.15, 0.2) is 0 Å². The molecule has 2 aromatic rings. The highest BCUT2D eigenvalue weighted by Crippen LogP contribution is 2.40. The van der Waals surface area contributed by atoms with Gasteiger partial charge >= 0.3 is 0 Å². The van der Waals surface area contributed by atoms with Crippen LogP contribution in [0.4, 0.5) is 13.2 Å². The largest absolute Gasteiger partial charge is 0.392 e. The molecule has 1 saturated carbocycles. The van der Waals surface area contributed by atoms with Crippen LogP contribution in [-0.4, -0.2) is 35.6 Å². The molecule has 0 bridgehead atoms. The Bertz CT molecular complexity index is 868. The van der Waals surface area contributed by atoms with E-state index in [1.807, 2.05) is 19.2 Å². The molecule has 1 N–H and O–H groups in total. The molecule has 1 unspecified atom stereocenters. The van der Waals surface area contributed by atoms with Crippen molar-refractivity contribution in [3.8, 4) is 0 Å². The Kier molecular flexibility index (Phi) is 6.83. The highest BCUT2D eigenvalue weighted by Gasteiger charge is 2.35. The summed E-state index contributed by atoms with van der Waals surface area (Å²) >= 11 is 0. The molecule has 0 aliphatic heterocycles. The Hall–Kier alpha value is -1.59. The van der Waals surface area contributed by atoms with Crippen LogP contribution in [0, 0.1) is 11.7 Å². The molecule has 0 spiro atoms. The molecule has 1 atom stereocenters. The van der Waals surface area contributed by atoms with Crippen LogP contribution in [0.2, 0.25) is 0 Å². The highest BCUT2D eigenvalue weighted by molar-refractivity contribution is 5.87. The minimum atomic E-state index is -2.51. The summed E-state index contributed by atoms with van der Waals surface area (Å²) in [6.45, 7) is 6.57. The molecule has 1 fully saturated rings. The summed E-state index contributed by atoms with van der Waals surface area (Å²) in [5.41, 5.74) is 1.97. The fraction of sp³-hybridized carbons (Fsp3) is 0.600. The smallest absolute Gasteiger partial charge is 0.248 e. The number of aliphatic hydroxyl groups excluding tert-OH is 1. The summed E-state index contributed by atoms with van der Waals surface area (Å²) in [6.07, 6.45) is 2.27. The number of aliphatic hydroxyl groups is 1. The van der Waals surface area contributed by atoms with E-state index >= 15 is 0 Å². The Morgan fingerprint density at radius 1 is 1.17 bits per heavy atom. The summed E-state index contributed by atoms with van der Waals surface area (Å²) in [6, 6.07) is 8.89. The van der Waals surface area contributed by atoms with Gasteiger partial charge in [0, 0.05) is 24.9 Å². The SMILES string of the molecule is CC(O)CN(C)C(C)(C)c1ccc2cc(F)ccc2c1CCC1CCC(F)(F)CC1. The van der Waals surface area contributed by atoms with Gasteiger partial charge in [0.05, 0.1) is 6.10 Å². The number of alkyl halides is 2. The van der Waals surface area contributed by atoms with Gasteiger partial charge in [-0.05, 0) is 93.5 Å². The number of likely N-dealkylation sites (N-methyl/N-ethyl adjacent to an activating group) is 1. The fourth-order valence-electron chi connectivity index (χ4n) is 4.77. The van der Waals surface area contributed by atoms with E-state index in [-0.39, 0.29) is 24.2 Å². The highest BCUT2D eigenvalue weighted by atomic mass is 19.3. The molecular formula is C25H34F3NO. The first-order valence-electron chi connectivity index (χ1n) is 11.0. The molecule has 30 heavy (non-hydrogen) atoms. The maximum Gasteiger partial charge on any atom is 0.248 e. The zero-order chi connectivity index (χ0) is 22.1. The number of nitrogens with zero attached hydrogens (tertiary/aromatic N) is 1. The molecule has 2 aromatic carbocycles. The standard InChI is InChI=1S/C25H34F3NO/c1-17(30)16-29(4)24(2,3)23-10-6-19-15-20(26)7-9-21(19)22(23)8-5-18-11-13-25(27,28)14-12-18/h6-7,9-10,15,17-18,30H,5,8,11-14,16H2,1-4H3. The van der Waals surface area contributed by atoms with Gasteiger partial charge in [-0.15, -0.1) is 0 Å². The third kappa shape index (κ3) is 5.17. The molecule has 3 rings (SSSR count). The van der Waals surface area contributed by atoms with Gasteiger partial charge in [0.25, 0.3) is 0 Å². The maximum atomic E-state index is 13.8. The first kappa shape index (κ1) is 23.1. The van der Waals surface area contributed by atoms with E-state index < -0.39 is 12.0 Å². The van der Waals surface area contributed by atoms with E-state index in [4.69, 9.17) is 0 Å². The van der Waals surface area contributed by atoms with Crippen LogP contribution in [0.1, 0.15) is 64.0 Å². The van der Waals surface area contributed by atoms with Gasteiger partial charge in [0.1, 0.15) is 5.82 Å². The third-order valence-corrected chi connectivity index (χ3v) is 6.88. The Morgan fingerprint density at radius 3 is 2.47 bits per heavy atom. The molecule has 0 saturated heterocycles. The topological polar surface area (TPSA) is 23.5 Å². The molecule has 0 radical (unpaired) electrons. The molecule has 0 heterocycles. The van der Waals surface area contributed by atoms with Crippen LogP contribution < -0.4 is 0 Å². The number of aryl methyl sites for hydroxylation is 1. The van der Waals surface area contributed by atoms with Gasteiger partial charge in [-0.25, -0.2) is 13.2 Å². The minimum Gasteiger partial charge on any atom is -0.392 e. The second-order valence-corrected chi connectivity index (χ2v) is 9.58. The van der Waals surface area contributed by atoms with Crippen LogP contribution in [-0.2, 0) is 12.0 Å². The molecular weight excluding hydrogens is 387 g/mol. The number of rotatable bonds is 7. The summed E-state index contributed by atoms with van der Waals surface area (Å²) in [5, 5.41) is 11.8. The molecule has 5 heteroatoms. The Labute approximate surface area is 178 Å². The summed E-state index contributed by atoms with van der Waals surface area (Å²) in [7, 11) is 1.99. The molecule has 0 aromatic heterocycles. The van der Waals surface area contributed by atoms with Crippen molar-refractivity contribution in [2.24, 2.45) is 5.92 Å². The summed E-state index contributed by atoms with van der Waals surface area (Å²) in [4.78, 5) is 2.13. The van der Waals surface area contributed by atoms with Gasteiger partial charge in [-0.3, -0.25) is 4.90 Å². The van der Waals surface area contributed by atoms with Crippen molar-refractivity contribution in [2.45, 2.75) is 76.9 Å². The molecule has 0 amide bonds. The Morgan fingerprint density at radius 2 is 1.83 bits per heavy atom. The van der Waals surface area contributed by atoms with Crippen LogP contribution in [0.25, 0.3) is 10.8 Å². The lowest BCUT2D eigenvalue weighted by Gasteiger charge is -2.39. The van der Waals surface area contributed by atoms with E-state index in [9.17, 15) is 18.3 Å². The zero-order valence-electron chi connectivity index (χ0n) is 18.5. The van der Waals surface area contributed by atoms with Crippen LogP contribution in [0.3, 0.4) is 0 Å². The van der Waals surface area contributed by atoms with Gasteiger partial charge < -0.3 is 5.11 Å². The molecule has 1 aliphatic rings. The molecule has 1 aliphatic carbocycles. The van der Waals surface area contributed by atoms with Crippen molar-refractivity contribution in [2.75, 3.05) is 13.6 Å². The predicted octanol–water partition coefficient (Wildman–Crippen LogP) is 6.28. The van der Waals surface area contributed by atoms with Crippen LogP contribution in [0.15, 0.2) is 30.3 Å². The van der Waals surface area contributed by atoms with Gasteiger partial charge in [-0.1, -0.05) is 18.2 Å². The van der Waals surface area contributed by atoms with E-state index in [2.05, 4.69) is 24.8 Å². The monoisotopic (exact) mass is 421 g/mol. The normalized spacial score (nSPS) is 18.8. The van der Waals surface area contributed by atoms with Crippen molar-refractivity contribution in [1.82, 2.24) is 4.90 Å². The average molecular weight is 422 g/mol. The first-order chi connectivity index (χ1) is 14.0. The third-order valence-electron chi connectivity index (χ3n) is 6.88. The van der Waals surface area contributed by atoms with Crippen molar-refractivity contribution < 1.29 is 18.3 Å². The lowest BCUT2D eigenvalue weighted by Crippen LogP contribution is -2.42. The van der Waals surface area contributed by atoms with E-state index in [1.165, 1.54) is 6.07 Å². The van der Waals surface area contributed by atoms with E-state index in [0.29, 0.717) is 25.3 Å². The van der Waals surface area contributed by atoms with Crippen molar-refractivity contribution in [3.05, 3.63) is 47.3 Å². The number of benzene rings is 2. The minimum absolute atomic E-state index is 0.0199. The van der Waals surface area contributed by atoms with E-state index in [0.717, 1.165) is 34.7 Å². The lowest BCUT2D eigenvalue weighted by atomic mass is 9.80. The van der Waals surface area contributed by atoms with Crippen LogP contribution >= 0.6 is 0 Å². The number of halogens is 3. The van der Waals surface area contributed by atoms with Crippen LogP contribution in [0.5, 0.6) is 0 Å². The lowest BCUT2D eigenvalue weighted by molar-refractivity contribution is -0.0464. The Balaban J connectivity index is 1.94. The summed E-state index contributed by atoms with van der Waals surface area (Å²) < 4.78 is 40.9. The molecule has 2 nitrogen and oxygen atoms in total. The zero-order valence-corrected chi connectivity index (χ0v) is 18.5. The van der Waals surface area contributed by atoms with Crippen molar-refractivity contribution in [1.29, 1.82) is 0 Å². The number of hydrogen-bond acceptors (Lipinski definition) is 2. The second kappa shape index (κ2) is 8.88.